The Bertz CT molecular complexity index is 919. The van der Waals surface area contributed by atoms with Gasteiger partial charge in [-0.3, -0.25) is 4.79 Å². The Morgan fingerprint density at radius 2 is 1.85 bits per heavy atom. The second kappa shape index (κ2) is 9.19. The van der Waals surface area contributed by atoms with Crippen LogP contribution in [0.3, 0.4) is 0 Å². The van der Waals surface area contributed by atoms with Crippen molar-refractivity contribution in [1.29, 1.82) is 0 Å². The fourth-order valence-corrected chi connectivity index (χ4v) is 2.99. The molecule has 10 heteroatoms. The first-order chi connectivity index (χ1) is 12.8. The Kier molecular flexibility index (Phi) is 6.97. The molecule has 7 nitrogen and oxygen atoms in total. The van der Waals surface area contributed by atoms with Crippen molar-refractivity contribution in [2.45, 2.75) is 18.4 Å². The van der Waals surface area contributed by atoms with Gasteiger partial charge in [0.1, 0.15) is 5.75 Å². The Morgan fingerprint density at radius 1 is 1.15 bits per heavy atom. The monoisotopic (exact) mass is 397 g/mol. The van der Waals surface area contributed by atoms with Crippen molar-refractivity contribution in [3.8, 4) is 5.75 Å². The molecule has 0 aliphatic rings. The molecule has 1 amide bonds. The van der Waals surface area contributed by atoms with Crippen LogP contribution in [-0.2, 0) is 14.8 Å². The maximum Gasteiger partial charge on any atom is 0.387 e. The number of ether oxygens (including phenoxy) is 1. The van der Waals surface area contributed by atoms with E-state index in [9.17, 15) is 22.0 Å². The van der Waals surface area contributed by atoms with Crippen LogP contribution in [0.25, 0.3) is 0 Å². The van der Waals surface area contributed by atoms with Gasteiger partial charge in [0.05, 0.1) is 17.2 Å². The smallest absolute Gasteiger partial charge is 0.387 e. The van der Waals surface area contributed by atoms with Crippen LogP contribution >= 0.6 is 0 Å². The number of rotatable bonds is 8. The van der Waals surface area contributed by atoms with Crippen molar-refractivity contribution in [3.63, 3.8) is 0 Å². The van der Waals surface area contributed by atoms with E-state index < -0.39 is 29.1 Å². The number of hydrazone groups is 1. The molecule has 2 rings (SSSR count). The molecule has 0 atom stereocenters. The summed E-state index contributed by atoms with van der Waals surface area (Å²) in [4.78, 5) is 11.8. The van der Waals surface area contributed by atoms with Crippen molar-refractivity contribution in [1.82, 2.24) is 10.1 Å². The second-order valence-corrected chi connectivity index (χ2v) is 7.04. The van der Waals surface area contributed by atoms with Crippen LogP contribution in [0.1, 0.15) is 12.5 Å². The van der Waals surface area contributed by atoms with E-state index in [1.165, 1.54) is 30.3 Å². The van der Waals surface area contributed by atoms with Gasteiger partial charge in [-0.1, -0.05) is 30.3 Å². The van der Waals surface area contributed by atoms with Gasteiger partial charge in [0.2, 0.25) is 10.0 Å². The van der Waals surface area contributed by atoms with Gasteiger partial charge in [-0.2, -0.15) is 13.9 Å². The van der Waals surface area contributed by atoms with Crippen molar-refractivity contribution in [2.24, 2.45) is 5.10 Å². The van der Waals surface area contributed by atoms with Crippen LogP contribution in [0.4, 0.5) is 8.78 Å². The highest BCUT2D eigenvalue weighted by Gasteiger charge is 2.14. The Balaban J connectivity index is 1.94. The molecule has 0 bridgehead atoms. The summed E-state index contributed by atoms with van der Waals surface area (Å²) in [5.41, 5.74) is 2.98. The minimum absolute atomic E-state index is 0.0355. The molecule has 27 heavy (non-hydrogen) atoms. The van der Waals surface area contributed by atoms with Crippen molar-refractivity contribution in [3.05, 3.63) is 60.2 Å². The number of hydrogen-bond acceptors (Lipinski definition) is 5. The third kappa shape index (κ3) is 6.42. The normalized spacial score (nSPS) is 12.1. The molecule has 0 saturated heterocycles. The van der Waals surface area contributed by atoms with E-state index in [0.717, 1.165) is 0 Å². The number of alkyl halides is 2. The number of hydrogen-bond donors (Lipinski definition) is 2. The summed E-state index contributed by atoms with van der Waals surface area (Å²) >= 11 is 0. The first-order valence-electron chi connectivity index (χ1n) is 7.71. The second-order valence-electron chi connectivity index (χ2n) is 5.28. The van der Waals surface area contributed by atoms with Crippen LogP contribution in [-0.4, -0.2) is 33.2 Å². The van der Waals surface area contributed by atoms with E-state index in [1.807, 2.05) is 0 Å². The predicted octanol–water partition coefficient (Wildman–Crippen LogP) is 2.11. The van der Waals surface area contributed by atoms with Gasteiger partial charge in [-0.25, -0.2) is 18.6 Å². The largest absolute Gasteiger partial charge is 0.435 e. The van der Waals surface area contributed by atoms with E-state index in [0.29, 0.717) is 11.3 Å². The zero-order valence-corrected chi connectivity index (χ0v) is 15.0. The highest BCUT2D eigenvalue weighted by atomic mass is 32.2. The van der Waals surface area contributed by atoms with Gasteiger partial charge in [0, 0.05) is 5.56 Å². The van der Waals surface area contributed by atoms with Crippen LogP contribution in [0.15, 0.2) is 64.6 Å². The lowest BCUT2D eigenvalue weighted by Gasteiger charge is -2.08. The van der Waals surface area contributed by atoms with E-state index in [4.69, 9.17) is 0 Å². The zero-order chi connectivity index (χ0) is 19.9. The number of nitrogens with one attached hydrogen (secondary N) is 2. The summed E-state index contributed by atoms with van der Waals surface area (Å²) in [5, 5.41) is 3.83. The average molecular weight is 397 g/mol. The quantitative estimate of drug-likeness (QED) is 0.527. The zero-order valence-electron chi connectivity index (χ0n) is 14.2. The lowest BCUT2D eigenvalue weighted by Crippen LogP contribution is -2.35. The van der Waals surface area contributed by atoms with Crippen molar-refractivity contribution in [2.75, 3.05) is 6.54 Å². The molecular weight excluding hydrogens is 380 g/mol. The highest BCUT2D eigenvalue weighted by molar-refractivity contribution is 7.89. The molecule has 0 aliphatic carbocycles. The first kappa shape index (κ1) is 20.5. The average Bonchev–Trinajstić information content (AvgIpc) is 2.65. The van der Waals surface area contributed by atoms with Crippen LogP contribution in [0.2, 0.25) is 0 Å². The van der Waals surface area contributed by atoms with Crippen LogP contribution in [0, 0.1) is 0 Å². The van der Waals surface area contributed by atoms with Crippen LogP contribution < -0.4 is 14.9 Å². The van der Waals surface area contributed by atoms with E-state index >= 15 is 0 Å². The highest BCUT2D eigenvalue weighted by Crippen LogP contribution is 2.16. The van der Waals surface area contributed by atoms with Crippen molar-refractivity contribution < 1.29 is 26.7 Å². The number of halogens is 2. The van der Waals surface area contributed by atoms with Crippen LogP contribution in [0.5, 0.6) is 5.75 Å². The summed E-state index contributed by atoms with van der Waals surface area (Å²) in [5.74, 6) is -0.729. The van der Waals surface area contributed by atoms with Gasteiger partial charge < -0.3 is 4.74 Å². The van der Waals surface area contributed by atoms with Gasteiger partial charge in [0.15, 0.2) is 0 Å². The maximum atomic E-state index is 12.2. The van der Waals surface area contributed by atoms with E-state index in [2.05, 4.69) is 20.0 Å². The molecule has 0 spiro atoms. The summed E-state index contributed by atoms with van der Waals surface area (Å²) in [6.07, 6.45) is 0. The molecule has 144 valence electrons. The van der Waals surface area contributed by atoms with Gasteiger partial charge in [-0.05, 0) is 31.2 Å². The first-order valence-corrected chi connectivity index (χ1v) is 9.19. The third-order valence-corrected chi connectivity index (χ3v) is 4.72. The number of carbonyl (C=O) groups excluding carboxylic acids is 1. The molecule has 0 unspecified atom stereocenters. The molecule has 0 aliphatic heterocycles. The fraction of sp³-hybridized carbons (Fsp3) is 0.176. The van der Waals surface area contributed by atoms with E-state index in [1.54, 1.807) is 31.2 Å². The van der Waals surface area contributed by atoms with Gasteiger partial charge in [-0.15, -0.1) is 0 Å². The molecule has 2 aromatic rings. The van der Waals surface area contributed by atoms with Crippen molar-refractivity contribution >= 4 is 21.6 Å². The predicted molar refractivity (Wildman–Crippen MR) is 95.1 cm³/mol. The molecular formula is C17H17F2N3O4S. The molecule has 0 aromatic heterocycles. The molecule has 0 saturated carbocycles. The third-order valence-electron chi connectivity index (χ3n) is 3.30. The Morgan fingerprint density at radius 3 is 2.52 bits per heavy atom. The summed E-state index contributed by atoms with van der Waals surface area (Å²) in [6.45, 7) is -1.91. The molecule has 0 fully saturated rings. The minimum Gasteiger partial charge on any atom is -0.435 e. The standard InChI is InChI=1S/C17H17F2N3O4S/c1-12(13-6-5-7-14(10-13)26-17(18)19)21-22-16(23)11-20-27(24,25)15-8-3-2-4-9-15/h2-10,17,20H,11H2,1H3,(H,22,23)/b21-12-. The Labute approximate surface area is 155 Å². The number of benzene rings is 2. The number of sulfonamides is 1. The maximum absolute atomic E-state index is 12.2. The number of amides is 1. The summed E-state index contributed by atoms with van der Waals surface area (Å²) in [6, 6.07) is 13.4. The molecule has 0 radical (unpaired) electrons. The molecule has 2 N–H and O–H groups in total. The number of carbonyl (C=O) groups is 1. The summed E-state index contributed by atoms with van der Waals surface area (Å²) in [7, 11) is -3.81. The van der Waals surface area contributed by atoms with Gasteiger partial charge in [0.25, 0.3) is 5.91 Å². The van der Waals surface area contributed by atoms with E-state index in [-0.39, 0.29) is 10.6 Å². The van der Waals surface area contributed by atoms with Gasteiger partial charge >= 0.3 is 6.61 Å². The fourth-order valence-electron chi connectivity index (χ4n) is 1.99. The lowest BCUT2D eigenvalue weighted by molar-refractivity contribution is -0.119. The summed E-state index contributed by atoms with van der Waals surface area (Å²) < 4.78 is 55.0. The lowest BCUT2D eigenvalue weighted by atomic mass is 10.1. The Hall–Kier alpha value is -2.85. The number of nitrogens with zero attached hydrogens (tertiary/aromatic N) is 1. The SMILES string of the molecule is C/C(=N/NC(=O)CNS(=O)(=O)c1ccccc1)c1cccc(OC(F)F)c1. The molecule has 0 heterocycles. The molecule has 2 aromatic carbocycles. The topological polar surface area (TPSA) is 96.9 Å². The minimum atomic E-state index is -3.81.